The Morgan fingerprint density at radius 1 is 1.21 bits per heavy atom. The third kappa shape index (κ3) is 4.97. The number of hydrogen-bond donors (Lipinski definition) is 3. The van der Waals surface area contributed by atoms with Crippen molar-refractivity contribution < 1.29 is 14.7 Å². The Morgan fingerprint density at radius 2 is 1.79 bits per heavy atom. The van der Waals surface area contributed by atoms with Crippen molar-refractivity contribution in [2.24, 2.45) is 11.8 Å². The predicted octanol–water partition coefficient (Wildman–Crippen LogP) is -0.461. The topological polar surface area (TPSA) is 81.7 Å². The molecule has 0 unspecified atom stereocenters. The molecule has 1 saturated carbocycles. The predicted molar refractivity (Wildman–Crippen MR) is 73.4 cm³/mol. The van der Waals surface area contributed by atoms with Gasteiger partial charge in [-0.2, -0.15) is 0 Å². The molecule has 1 amide bonds. The van der Waals surface area contributed by atoms with Crippen molar-refractivity contribution in [1.82, 2.24) is 15.5 Å². The van der Waals surface area contributed by atoms with Gasteiger partial charge in [0.1, 0.15) is 0 Å². The second-order valence-corrected chi connectivity index (χ2v) is 5.39. The standard InChI is InChI=1S/C7H12N2O.C5H9NO2.ClH/c10-7(5-3-8-4-5)9-6-1-2-6;1-6-2-4(3-6)5(7)8;/h5-6,8H,1-4H2,(H,9,10);4H,2-3H2,1H3,(H,7,8);1H. The summed E-state index contributed by atoms with van der Waals surface area (Å²) in [5.74, 6) is -0.245. The summed E-state index contributed by atoms with van der Waals surface area (Å²) >= 11 is 0. The highest BCUT2D eigenvalue weighted by Gasteiger charge is 2.30. The lowest BCUT2D eigenvalue weighted by molar-refractivity contribution is -0.146. The van der Waals surface area contributed by atoms with E-state index in [2.05, 4.69) is 10.6 Å². The fraction of sp³-hybridized carbons (Fsp3) is 0.833. The summed E-state index contributed by atoms with van der Waals surface area (Å²) in [5.41, 5.74) is 0. The highest BCUT2D eigenvalue weighted by Crippen LogP contribution is 2.19. The highest BCUT2D eigenvalue weighted by atomic mass is 35.5. The minimum absolute atomic E-state index is 0. The molecule has 6 nitrogen and oxygen atoms in total. The number of rotatable bonds is 3. The van der Waals surface area contributed by atoms with E-state index in [1.54, 1.807) is 0 Å². The Balaban J connectivity index is 0.000000185. The number of carboxylic acids is 1. The molecule has 3 N–H and O–H groups in total. The molecule has 7 heteroatoms. The Labute approximate surface area is 119 Å². The van der Waals surface area contributed by atoms with E-state index < -0.39 is 5.97 Å². The summed E-state index contributed by atoms with van der Waals surface area (Å²) in [7, 11) is 1.92. The molecule has 0 aromatic heterocycles. The minimum Gasteiger partial charge on any atom is -0.481 e. The van der Waals surface area contributed by atoms with E-state index in [4.69, 9.17) is 5.11 Å². The summed E-state index contributed by atoms with van der Waals surface area (Å²) < 4.78 is 0. The fourth-order valence-electron chi connectivity index (χ4n) is 1.88. The van der Waals surface area contributed by atoms with Crippen molar-refractivity contribution in [2.45, 2.75) is 18.9 Å². The van der Waals surface area contributed by atoms with Crippen LogP contribution < -0.4 is 10.6 Å². The summed E-state index contributed by atoms with van der Waals surface area (Å²) in [5, 5.41) is 14.4. The fourth-order valence-corrected chi connectivity index (χ4v) is 1.88. The van der Waals surface area contributed by atoms with Gasteiger partial charge in [-0.25, -0.2) is 0 Å². The largest absolute Gasteiger partial charge is 0.481 e. The zero-order valence-corrected chi connectivity index (χ0v) is 11.9. The summed E-state index contributed by atoms with van der Waals surface area (Å²) in [6.45, 7) is 3.18. The Hall–Kier alpha value is -0.850. The first-order valence-electron chi connectivity index (χ1n) is 6.48. The van der Waals surface area contributed by atoms with Gasteiger partial charge in [-0.15, -0.1) is 12.4 Å². The van der Waals surface area contributed by atoms with E-state index in [0.29, 0.717) is 6.04 Å². The third-order valence-corrected chi connectivity index (χ3v) is 3.49. The molecule has 2 saturated heterocycles. The average Bonchev–Trinajstić information content (AvgIpc) is 2.94. The number of aliphatic carboxylic acids is 1. The van der Waals surface area contributed by atoms with Gasteiger partial charge in [0, 0.05) is 32.2 Å². The molecule has 19 heavy (non-hydrogen) atoms. The maximum absolute atomic E-state index is 11.1. The first-order valence-corrected chi connectivity index (χ1v) is 6.48. The van der Waals surface area contributed by atoms with Gasteiger partial charge in [0.25, 0.3) is 0 Å². The lowest BCUT2D eigenvalue weighted by Gasteiger charge is -2.32. The molecule has 0 radical (unpaired) electrons. The summed E-state index contributed by atoms with van der Waals surface area (Å²) in [6, 6.07) is 0.521. The third-order valence-electron chi connectivity index (χ3n) is 3.49. The van der Waals surface area contributed by atoms with Gasteiger partial charge in [0.05, 0.1) is 11.8 Å². The highest BCUT2D eigenvalue weighted by molar-refractivity contribution is 5.85. The zero-order valence-electron chi connectivity index (χ0n) is 11.1. The molecule has 0 aromatic rings. The number of carbonyl (C=O) groups excluding carboxylic acids is 1. The number of amides is 1. The molecule has 3 aliphatic rings. The van der Waals surface area contributed by atoms with Crippen molar-refractivity contribution in [3.63, 3.8) is 0 Å². The Kier molecular flexibility index (Phi) is 6.03. The van der Waals surface area contributed by atoms with Gasteiger partial charge >= 0.3 is 5.97 Å². The second kappa shape index (κ2) is 7.07. The molecule has 2 heterocycles. The Morgan fingerprint density at radius 3 is 2.05 bits per heavy atom. The van der Waals surface area contributed by atoms with E-state index in [-0.39, 0.29) is 30.2 Å². The molecule has 110 valence electrons. The number of nitrogens with one attached hydrogen (secondary N) is 2. The van der Waals surface area contributed by atoms with Crippen LogP contribution in [0.4, 0.5) is 0 Å². The van der Waals surface area contributed by atoms with Crippen LogP contribution in [0, 0.1) is 11.8 Å². The summed E-state index contributed by atoms with van der Waals surface area (Å²) in [6.07, 6.45) is 2.37. The van der Waals surface area contributed by atoms with Crippen LogP contribution in [0.3, 0.4) is 0 Å². The SMILES string of the molecule is CN1CC(C(=O)O)C1.Cl.O=C(NC1CC1)C1CNC1. The lowest BCUT2D eigenvalue weighted by atomic mass is 10.0. The van der Waals surface area contributed by atoms with E-state index in [1.807, 2.05) is 11.9 Å². The average molecular weight is 292 g/mol. The van der Waals surface area contributed by atoms with Crippen LogP contribution in [-0.4, -0.2) is 61.2 Å². The van der Waals surface area contributed by atoms with Crippen molar-refractivity contribution in [3.8, 4) is 0 Å². The smallest absolute Gasteiger partial charge is 0.309 e. The number of carbonyl (C=O) groups is 2. The van der Waals surface area contributed by atoms with Crippen LogP contribution in [0.15, 0.2) is 0 Å². The van der Waals surface area contributed by atoms with Crippen LogP contribution in [0.2, 0.25) is 0 Å². The van der Waals surface area contributed by atoms with Crippen LogP contribution in [0.5, 0.6) is 0 Å². The minimum atomic E-state index is -0.664. The Bertz CT molecular complexity index is 326. The first-order chi connectivity index (χ1) is 8.56. The first kappa shape index (κ1) is 16.2. The number of carboxylic acid groups (broad SMARTS) is 1. The lowest BCUT2D eigenvalue weighted by Crippen LogP contribution is -2.51. The van der Waals surface area contributed by atoms with Crippen LogP contribution >= 0.6 is 12.4 Å². The van der Waals surface area contributed by atoms with Gasteiger partial charge < -0.3 is 20.6 Å². The quantitative estimate of drug-likeness (QED) is 0.655. The van der Waals surface area contributed by atoms with Crippen LogP contribution in [0.1, 0.15) is 12.8 Å². The van der Waals surface area contributed by atoms with E-state index in [0.717, 1.165) is 26.2 Å². The number of halogens is 1. The molecule has 0 bridgehead atoms. The van der Waals surface area contributed by atoms with Gasteiger partial charge in [0.15, 0.2) is 0 Å². The molecule has 1 aliphatic carbocycles. The van der Waals surface area contributed by atoms with Crippen molar-refractivity contribution in [3.05, 3.63) is 0 Å². The summed E-state index contributed by atoms with van der Waals surface area (Å²) in [4.78, 5) is 23.2. The molecule has 0 atom stereocenters. The van der Waals surface area contributed by atoms with Gasteiger partial charge in [-0.1, -0.05) is 0 Å². The number of nitrogens with zero attached hydrogens (tertiary/aromatic N) is 1. The normalized spacial score (nSPS) is 23.0. The number of likely N-dealkylation sites (tertiary alicyclic amines) is 1. The molecule has 2 aliphatic heterocycles. The van der Waals surface area contributed by atoms with Crippen molar-refractivity contribution in [1.29, 1.82) is 0 Å². The molecule has 3 fully saturated rings. The van der Waals surface area contributed by atoms with Crippen LogP contribution in [-0.2, 0) is 9.59 Å². The van der Waals surface area contributed by atoms with E-state index >= 15 is 0 Å². The second-order valence-electron chi connectivity index (χ2n) is 5.39. The number of hydrogen-bond acceptors (Lipinski definition) is 4. The monoisotopic (exact) mass is 291 g/mol. The van der Waals surface area contributed by atoms with Crippen molar-refractivity contribution >= 4 is 24.3 Å². The van der Waals surface area contributed by atoms with Gasteiger partial charge in [-0.3, -0.25) is 9.59 Å². The molecule has 0 spiro atoms. The molecular formula is C12H22ClN3O3. The van der Waals surface area contributed by atoms with Crippen molar-refractivity contribution in [2.75, 3.05) is 33.2 Å². The zero-order chi connectivity index (χ0) is 13.1. The maximum atomic E-state index is 11.1. The van der Waals surface area contributed by atoms with Gasteiger partial charge in [0.2, 0.25) is 5.91 Å². The molecule has 0 aromatic carbocycles. The van der Waals surface area contributed by atoms with E-state index in [1.165, 1.54) is 12.8 Å². The maximum Gasteiger partial charge on any atom is 0.309 e. The van der Waals surface area contributed by atoms with Crippen LogP contribution in [0.25, 0.3) is 0 Å². The van der Waals surface area contributed by atoms with Gasteiger partial charge in [-0.05, 0) is 19.9 Å². The van der Waals surface area contributed by atoms with E-state index in [9.17, 15) is 9.59 Å². The molecule has 3 rings (SSSR count). The molecular weight excluding hydrogens is 270 g/mol.